The van der Waals surface area contributed by atoms with Crippen molar-refractivity contribution in [2.75, 3.05) is 13.1 Å². The molecule has 1 atom stereocenters. The molecule has 0 spiro atoms. The lowest BCUT2D eigenvalue weighted by atomic mass is 10.0. The van der Waals surface area contributed by atoms with Crippen LogP contribution in [0.2, 0.25) is 0 Å². The smallest absolute Gasteiger partial charge is 0.252 e. The van der Waals surface area contributed by atoms with Crippen molar-refractivity contribution in [3.63, 3.8) is 0 Å². The summed E-state index contributed by atoms with van der Waals surface area (Å²) in [7, 11) is -3.36. The second kappa shape index (κ2) is 5.55. The van der Waals surface area contributed by atoms with Gasteiger partial charge in [-0.1, -0.05) is 6.07 Å². The van der Waals surface area contributed by atoms with Gasteiger partial charge in [0.1, 0.15) is 4.21 Å². The van der Waals surface area contributed by atoms with Crippen molar-refractivity contribution in [1.29, 1.82) is 0 Å². The Hall–Kier alpha value is -0.760. The number of halogens is 1. The lowest BCUT2D eigenvalue weighted by molar-refractivity contribution is 0.474. The summed E-state index contributed by atoms with van der Waals surface area (Å²) in [4.78, 5) is 4.33. The van der Waals surface area contributed by atoms with E-state index in [1.807, 2.05) is 18.2 Å². The van der Waals surface area contributed by atoms with E-state index >= 15 is 0 Å². The minimum atomic E-state index is -3.36. The van der Waals surface area contributed by atoms with Gasteiger partial charge in [0.15, 0.2) is 0 Å². The van der Waals surface area contributed by atoms with Crippen LogP contribution in [0.3, 0.4) is 0 Å². The van der Waals surface area contributed by atoms with Crippen molar-refractivity contribution < 1.29 is 8.42 Å². The van der Waals surface area contributed by atoms with Gasteiger partial charge in [-0.15, -0.1) is 11.3 Å². The fraction of sp³-hybridized carbons (Fsp3) is 0.308. The average molecular weight is 373 g/mol. The third-order valence-electron chi connectivity index (χ3n) is 3.40. The molecule has 3 heterocycles. The van der Waals surface area contributed by atoms with E-state index in [1.54, 1.807) is 22.6 Å². The van der Waals surface area contributed by atoms with Gasteiger partial charge in [-0.25, -0.2) is 8.42 Å². The predicted octanol–water partition coefficient (Wildman–Crippen LogP) is 3.08. The van der Waals surface area contributed by atoms with Gasteiger partial charge in [0.25, 0.3) is 10.0 Å². The summed E-state index contributed by atoms with van der Waals surface area (Å²) in [6.45, 7) is 1.06. The number of hydrogen-bond acceptors (Lipinski definition) is 4. The highest BCUT2D eigenvalue weighted by Crippen LogP contribution is 2.33. The zero-order chi connectivity index (χ0) is 14.2. The molecule has 0 saturated carbocycles. The van der Waals surface area contributed by atoms with E-state index in [1.165, 1.54) is 11.3 Å². The molecule has 0 unspecified atom stereocenters. The van der Waals surface area contributed by atoms with Crippen LogP contribution in [0.5, 0.6) is 0 Å². The van der Waals surface area contributed by atoms with Gasteiger partial charge in [0, 0.05) is 30.9 Å². The highest BCUT2D eigenvalue weighted by Gasteiger charge is 2.34. The number of rotatable bonds is 3. The topological polar surface area (TPSA) is 50.3 Å². The van der Waals surface area contributed by atoms with Crippen LogP contribution in [0.1, 0.15) is 18.0 Å². The molecule has 2 aromatic heterocycles. The maximum absolute atomic E-state index is 12.5. The molecule has 1 saturated heterocycles. The van der Waals surface area contributed by atoms with Crippen molar-refractivity contribution in [2.45, 2.75) is 16.5 Å². The lowest BCUT2D eigenvalue weighted by Crippen LogP contribution is -2.28. The molecule has 0 N–H and O–H groups in total. The molecule has 0 aromatic carbocycles. The van der Waals surface area contributed by atoms with Crippen LogP contribution in [0, 0.1) is 0 Å². The molecule has 1 aliphatic heterocycles. The summed E-state index contributed by atoms with van der Waals surface area (Å²) >= 11 is 4.56. The highest BCUT2D eigenvalue weighted by molar-refractivity contribution is 9.11. The average Bonchev–Trinajstić information content (AvgIpc) is 3.09. The van der Waals surface area contributed by atoms with Crippen LogP contribution in [-0.4, -0.2) is 30.8 Å². The quantitative estimate of drug-likeness (QED) is 0.831. The van der Waals surface area contributed by atoms with Gasteiger partial charge in [-0.3, -0.25) is 4.98 Å². The maximum atomic E-state index is 12.5. The molecule has 0 amide bonds. The molecule has 3 rings (SSSR count). The first-order chi connectivity index (χ1) is 9.57. The fourth-order valence-corrected chi connectivity index (χ4v) is 6.03. The summed E-state index contributed by atoms with van der Waals surface area (Å²) in [5.41, 5.74) is 0.970. The Morgan fingerprint density at radius 1 is 1.30 bits per heavy atom. The van der Waals surface area contributed by atoms with Crippen LogP contribution in [-0.2, 0) is 10.0 Å². The Labute approximate surface area is 130 Å². The highest BCUT2D eigenvalue weighted by atomic mass is 79.9. The van der Waals surface area contributed by atoms with Crippen molar-refractivity contribution in [3.05, 3.63) is 46.0 Å². The number of sulfonamides is 1. The van der Waals surface area contributed by atoms with Crippen molar-refractivity contribution in [3.8, 4) is 0 Å². The number of thiophene rings is 1. The van der Waals surface area contributed by atoms with Gasteiger partial charge in [-0.05, 0) is 46.6 Å². The third kappa shape index (κ3) is 2.67. The number of aromatic nitrogens is 1. The molecule has 1 fully saturated rings. The van der Waals surface area contributed by atoms with E-state index in [-0.39, 0.29) is 5.92 Å². The van der Waals surface area contributed by atoms with Crippen molar-refractivity contribution in [2.24, 2.45) is 0 Å². The summed E-state index contributed by atoms with van der Waals surface area (Å²) < 4.78 is 27.8. The molecule has 1 aliphatic rings. The minimum Gasteiger partial charge on any atom is -0.261 e. The molecule has 7 heteroatoms. The normalized spacial score (nSPS) is 20.4. The second-order valence-corrected chi connectivity index (χ2v) is 9.29. The van der Waals surface area contributed by atoms with E-state index in [0.29, 0.717) is 17.3 Å². The monoisotopic (exact) mass is 372 g/mol. The van der Waals surface area contributed by atoms with E-state index < -0.39 is 10.0 Å². The van der Waals surface area contributed by atoms with Gasteiger partial charge < -0.3 is 0 Å². The molecule has 0 radical (unpaired) electrons. The Bertz CT molecular complexity index is 700. The zero-order valence-corrected chi connectivity index (χ0v) is 13.8. The standard InChI is InChI=1S/C13H13BrN2O2S2/c14-12-4-5-13(19-12)20(17,18)16-8-6-10(9-16)11-3-1-2-7-15-11/h1-5,7,10H,6,8-9H2/t10-/m1/s1. The first kappa shape index (κ1) is 14.2. The largest absolute Gasteiger partial charge is 0.261 e. The van der Waals surface area contributed by atoms with Crippen LogP contribution in [0.25, 0.3) is 0 Å². The SMILES string of the molecule is O=S(=O)(c1ccc(Br)s1)N1CC[C@@H](c2ccccn2)C1. The third-order valence-corrected chi connectivity index (χ3v) is 7.36. The number of pyridine rings is 1. The minimum absolute atomic E-state index is 0.189. The Morgan fingerprint density at radius 3 is 2.80 bits per heavy atom. The lowest BCUT2D eigenvalue weighted by Gasteiger charge is -2.15. The molecule has 20 heavy (non-hydrogen) atoms. The van der Waals surface area contributed by atoms with Crippen LogP contribution >= 0.6 is 27.3 Å². The Morgan fingerprint density at radius 2 is 2.15 bits per heavy atom. The summed E-state index contributed by atoms with van der Waals surface area (Å²) in [5.74, 6) is 0.189. The number of nitrogens with zero attached hydrogens (tertiary/aromatic N) is 2. The maximum Gasteiger partial charge on any atom is 0.252 e. The van der Waals surface area contributed by atoms with Crippen LogP contribution in [0.4, 0.5) is 0 Å². The second-order valence-electron chi connectivity index (χ2n) is 4.66. The molecule has 0 aliphatic carbocycles. The van der Waals surface area contributed by atoms with Gasteiger partial charge in [0.05, 0.1) is 3.79 Å². The molecule has 2 aromatic rings. The van der Waals surface area contributed by atoms with Crippen LogP contribution in [0.15, 0.2) is 44.5 Å². The Balaban J connectivity index is 1.80. The molecule has 106 valence electrons. The number of hydrogen-bond donors (Lipinski definition) is 0. The fourth-order valence-electron chi connectivity index (χ4n) is 2.37. The summed E-state index contributed by atoms with van der Waals surface area (Å²) in [5, 5.41) is 0. The van der Waals surface area contributed by atoms with Crippen LogP contribution < -0.4 is 0 Å². The van der Waals surface area contributed by atoms with Gasteiger partial charge >= 0.3 is 0 Å². The molecule has 4 nitrogen and oxygen atoms in total. The van der Waals surface area contributed by atoms with Gasteiger partial charge in [0.2, 0.25) is 0 Å². The van der Waals surface area contributed by atoms with Crippen molar-refractivity contribution >= 4 is 37.3 Å². The van der Waals surface area contributed by atoms with E-state index in [0.717, 1.165) is 15.9 Å². The Kier molecular flexibility index (Phi) is 3.94. The zero-order valence-electron chi connectivity index (χ0n) is 10.6. The summed E-state index contributed by atoms with van der Waals surface area (Å²) in [6.07, 6.45) is 2.58. The van der Waals surface area contributed by atoms with E-state index in [4.69, 9.17) is 0 Å². The van der Waals surface area contributed by atoms with Crippen molar-refractivity contribution in [1.82, 2.24) is 9.29 Å². The van der Waals surface area contributed by atoms with Gasteiger partial charge in [-0.2, -0.15) is 4.31 Å². The molecular formula is C13H13BrN2O2S2. The first-order valence-electron chi connectivity index (χ1n) is 6.24. The molecular weight excluding hydrogens is 360 g/mol. The predicted molar refractivity (Wildman–Crippen MR) is 82.4 cm³/mol. The summed E-state index contributed by atoms with van der Waals surface area (Å²) in [6, 6.07) is 9.19. The first-order valence-corrected chi connectivity index (χ1v) is 9.29. The van der Waals surface area contributed by atoms with E-state index in [9.17, 15) is 8.42 Å². The van der Waals surface area contributed by atoms with E-state index in [2.05, 4.69) is 20.9 Å². The molecule has 0 bridgehead atoms.